The van der Waals surface area contributed by atoms with Crippen LogP contribution in [0.2, 0.25) is 0 Å². The molecule has 0 radical (unpaired) electrons. The molecule has 1 heterocycles. The SMILES string of the molecule is COc1cc(S(N)(=O)=O)nc(C(F)F)c1[N+](=O)[O-]. The quantitative estimate of drug-likeness (QED) is 0.636. The lowest BCUT2D eigenvalue weighted by Gasteiger charge is -2.07. The molecule has 0 aromatic carbocycles. The molecule has 0 amide bonds. The van der Waals surface area contributed by atoms with Gasteiger partial charge in [0.1, 0.15) is 0 Å². The van der Waals surface area contributed by atoms with E-state index in [2.05, 4.69) is 9.72 Å². The van der Waals surface area contributed by atoms with Crippen molar-refractivity contribution in [2.24, 2.45) is 5.14 Å². The van der Waals surface area contributed by atoms with Gasteiger partial charge < -0.3 is 4.74 Å². The van der Waals surface area contributed by atoms with E-state index in [0.29, 0.717) is 6.07 Å². The number of pyridine rings is 1. The van der Waals surface area contributed by atoms with Crippen LogP contribution in [0.4, 0.5) is 14.5 Å². The van der Waals surface area contributed by atoms with Gasteiger partial charge in [0, 0.05) is 6.07 Å². The molecule has 0 atom stereocenters. The van der Waals surface area contributed by atoms with Gasteiger partial charge in [-0.25, -0.2) is 27.3 Å². The van der Waals surface area contributed by atoms with Crippen molar-refractivity contribution < 1.29 is 26.9 Å². The van der Waals surface area contributed by atoms with E-state index < -0.39 is 43.5 Å². The molecule has 0 bridgehead atoms. The highest BCUT2D eigenvalue weighted by Gasteiger charge is 2.31. The molecule has 11 heteroatoms. The topological polar surface area (TPSA) is 125 Å². The van der Waals surface area contributed by atoms with Crippen molar-refractivity contribution in [1.82, 2.24) is 4.98 Å². The Labute approximate surface area is 99.6 Å². The molecule has 0 aliphatic carbocycles. The lowest BCUT2D eigenvalue weighted by Crippen LogP contribution is -2.16. The summed E-state index contributed by atoms with van der Waals surface area (Å²) >= 11 is 0. The van der Waals surface area contributed by atoms with Crippen LogP contribution in [-0.2, 0) is 10.0 Å². The van der Waals surface area contributed by atoms with Crippen molar-refractivity contribution in [2.45, 2.75) is 11.5 Å². The maximum Gasteiger partial charge on any atom is 0.338 e. The van der Waals surface area contributed by atoms with Gasteiger partial charge in [0.2, 0.25) is 5.75 Å². The minimum absolute atomic E-state index is 0.610. The number of hydrogen-bond acceptors (Lipinski definition) is 6. The van der Waals surface area contributed by atoms with Crippen molar-refractivity contribution in [2.75, 3.05) is 7.11 Å². The number of rotatable bonds is 4. The van der Waals surface area contributed by atoms with Gasteiger partial charge in [-0.05, 0) is 0 Å². The Balaban J connectivity index is 3.70. The fourth-order valence-electron chi connectivity index (χ4n) is 1.15. The average molecular weight is 283 g/mol. The Morgan fingerprint density at radius 2 is 2.11 bits per heavy atom. The number of aromatic nitrogens is 1. The Morgan fingerprint density at radius 1 is 1.56 bits per heavy atom. The first-order valence-electron chi connectivity index (χ1n) is 4.22. The Kier molecular flexibility index (Phi) is 3.76. The van der Waals surface area contributed by atoms with E-state index in [4.69, 9.17) is 5.14 Å². The first-order chi connectivity index (χ1) is 8.18. The molecule has 0 saturated carbocycles. The van der Waals surface area contributed by atoms with Crippen LogP contribution in [-0.4, -0.2) is 25.4 Å². The van der Waals surface area contributed by atoms with Crippen LogP contribution < -0.4 is 9.88 Å². The number of sulfonamides is 1. The van der Waals surface area contributed by atoms with Crippen molar-refractivity contribution in [3.8, 4) is 5.75 Å². The second-order valence-corrected chi connectivity index (χ2v) is 4.51. The molecule has 0 saturated heterocycles. The zero-order chi connectivity index (χ0) is 14.1. The van der Waals surface area contributed by atoms with E-state index in [1.165, 1.54) is 0 Å². The molecule has 0 spiro atoms. The minimum Gasteiger partial charge on any atom is -0.490 e. The van der Waals surface area contributed by atoms with Crippen molar-refractivity contribution in [3.05, 3.63) is 21.9 Å². The molecule has 100 valence electrons. The molecule has 0 fully saturated rings. The standard InChI is InChI=1S/C7H7F2N3O5S/c1-17-3-2-4(18(10,15)16)11-5(7(8)9)6(3)12(13)14/h2,7H,1H3,(H2,10,15,16). The van der Waals surface area contributed by atoms with Gasteiger partial charge in [0.15, 0.2) is 10.7 Å². The minimum atomic E-state index is -4.38. The fourth-order valence-corrected chi connectivity index (χ4v) is 1.64. The van der Waals surface area contributed by atoms with E-state index in [9.17, 15) is 27.3 Å². The number of primary sulfonamides is 1. The number of hydrogen-bond donors (Lipinski definition) is 1. The highest BCUT2D eigenvalue weighted by atomic mass is 32.2. The number of nitrogens with two attached hydrogens (primary N) is 1. The van der Waals surface area contributed by atoms with Gasteiger partial charge >= 0.3 is 5.69 Å². The summed E-state index contributed by atoms with van der Waals surface area (Å²) in [5.41, 5.74) is -2.41. The van der Waals surface area contributed by atoms with Crippen LogP contribution in [0.1, 0.15) is 12.1 Å². The van der Waals surface area contributed by atoms with E-state index in [-0.39, 0.29) is 0 Å². The van der Waals surface area contributed by atoms with E-state index in [1.807, 2.05) is 0 Å². The van der Waals surface area contributed by atoms with Crippen molar-refractivity contribution >= 4 is 15.7 Å². The molecule has 0 unspecified atom stereocenters. The molecule has 2 N–H and O–H groups in total. The molecule has 1 rings (SSSR count). The normalized spacial score (nSPS) is 11.6. The first kappa shape index (κ1) is 14.2. The average Bonchev–Trinajstić information content (AvgIpc) is 2.25. The largest absolute Gasteiger partial charge is 0.490 e. The van der Waals surface area contributed by atoms with Crippen molar-refractivity contribution in [3.63, 3.8) is 0 Å². The zero-order valence-corrected chi connectivity index (χ0v) is 9.65. The third kappa shape index (κ3) is 2.68. The second kappa shape index (κ2) is 4.78. The zero-order valence-electron chi connectivity index (χ0n) is 8.83. The number of ether oxygens (including phenoxy) is 1. The van der Waals surface area contributed by atoms with Gasteiger partial charge in [-0.15, -0.1) is 0 Å². The summed E-state index contributed by atoms with van der Waals surface area (Å²) in [6, 6.07) is 0.610. The maximum atomic E-state index is 12.6. The summed E-state index contributed by atoms with van der Waals surface area (Å²) in [6.07, 6.45) is -3.35. The lowest BCUT2D eigenvalue weighted by atomic mass is 10.3. The first-order valence-corrected chi connectivity index (χ1v) is 5.77. The second-order valence-electron chi connectivity index (χ2n) is 3.00. The number of halogens is 2. The molecule has 8 nitrogen and oxygen atoms in total. The smallest absolute Gasteiger partial charge is 0.338 e. The number of nitrogens with zero attached hydrogens (tertiary/aromatic N) is 2. The third-order valence-electron chi connectivity index (χ3n) is 1.86. The summed E-state index contributed by atoms with van der Waals surface area (Å²) in [5, 5.41) is 14.4. The van der Waals surface area contributed by atoms with Crippen LogP contribution in [0.25, 0.3) is 0 Å². The van der Waals surface area contributed by atoms with E-state index >= 15 is 0 Å². The monoisotopic (exact) mass is 283 g/mol. The van der Waals surface area contributed by atoms with Gasteiger partial charge in [0.05, 0.1) is 12.0 Å². The summed E-state index contributed by atoms with van der Waals surface area (Å²) in [4.78, 5) is 12.5. The molecule has 1 aromatic heterocycles. The molecule has 18 heavy (non-hydrogen) atoms. The Morgan fingerprint density at radius 3 is 2.44 bits per heavy atom. The fraction of sp³-hybridized carbons (Fsp3) is 0.286. The van der Waals surface area contributed by atoms with Gasteiger partial charge in [-0.3, -0.25) is 10.1 Å². The van der Waals surface area contributed by atoms with Crippen LogP contribution in [0.5, 0.6) is 5.75 Å². The lowest BCUT2D eigenvalue weighted by molar-refractivity contribution is -0.387. The highest BCUT2D eigenvalue weighted by Crippen LogP contribution is 2.36. The van der Waals surface area contributed by atoms with Crippen LogP contribution in [0.3, 0.4) is 0 Å². The number of nitro groups is 1. The van der Waals surface area contributed by atoms with Crippen LogP contribution in [0, 0.1) is 10.1 Å². The predicted molar refractivity (Wildman–Crippen MR) is 53.8 cm³/mol. The van der Waals surface area contributed by atoms with Gasteiger partial charge in [-0.1, -0.05) is 0 Å². The van der Waals surface area contributed by atoms with Crippen molar-refractivity contribution in [1.29, 1.82) is 0 Å². The molecule has 1 aromatic rings. The summed E-state index contributed by atoms with van der Waals surface area (Å²) < 4.78 is 51.7. The molecule has 0 aliphatic heterocycles. The van der Waals surface area contributed by atoms with Crippen LogP contribution >= 0.6 is 0 Å². The molecule has 0 aliphatic rings. The predicted octanol–water partition coefficient (Wildman–Crippen LogP) is 0.583. The third-order valence-corrected chi connectivity index (χ3v) is 2.65. The summed E-state index contributed by atoms with van der Waals surface area (Å²) in [6.45, 7) is 0. The Bertz CT molecular complexity index is 589. The molecular formula is C7H7F2N3O5S. The summed E-state index contributed by atoms with van der Waals surface area (Å²) in [7, 11) is -3.42. The molecular weight excluding hydrogens is 276 g/mol. The summed E-state index contributed by atoms with van der Waals surface area (Å²) in [5.74, 6) is -0.658. The Hall–Kier alpha value is -1.88. The highest BCUT2D eigenvalue weighted by molar-refractivity contribution is 7.89. The van der Waals surface area contributed by atoms with Gasteiger partial charge in [-0.2, -0.15) is 0 Å². The van der Waals surface area contributed by atoms with E-state index in [0.717, 1.165) is 7.11 Å². The number of methoxy groups -OCH3 is 1. The van der Waals surface area contributed by atoms with E-state index in [1.54, 1.807) is 0 Å². The van der Waals surface area contributed by atoms with Gasteiger partial charge in [0.25, 0.3) is 16.4 Å². The number of alkyl halides is 2. The van der Waals surface area contributed by atoms with Crippen LogP contribution in [0.15, 0.2) is 11.1 Å². The maximum absolute atomic E-state index is 12.6.